The number of allylic oxidation sites excluding steroid dienone is 2. The Hall–Kier alpha value is -4.12. The second-order valence-corrected chi connectivity index (χ2v) is 7.06. The summed E-state index contributed by atoms with van der Waals surface area (Å²) < 4.78 is 29.4. The summed E-state index contributed by atoms with van der Waals surface area (Å²) in [5.41, 5.74) is 3.15. The molecule has 5 heteroatoms. The maximum absolute atomic E-state index is 13.3. The number of methoxy groups -OCH3 is 3. The van der Waals surface area contributed by atoms with Gasteiger partial charge in [-0.2, -0.15) is 0 Å². The molecule has 0 amide bonds. The Morgan fingerprint density at radius 3 is 2.12 bits per heavy atom. The van der Waals surface area contributed by atoms with E-state index in [0.717, 1.165) is 22.4 Å². The van der Waals surface area contributed by atoms with Crippen molar-refractivity contribution in [3.8, 4) is 17.2 Å². The summed E-state index contributed by atoms with van der Waals surface area (Å²) in [7, 11) is 4.78. The van der Waals surface area contributed by atoms with Crippen molar-refractivity contribution < 1.29 is 23.4 Å². The fourth-order valence-corrected chi connectivity index (χ4v) is 3.14. The number of ketones is 1. The summed E-state index contributed by atoms with van der Waals surface area (Å²) in [5, 5.41) is 0. The third kappa shape index (κ3) is 6.68. The Morgan fingerprint density at radius 2 is 1.45 bits per heavy atom. The van der Waals surface area contributed by atoms with Crippen LogP contribution in [0.3, 0.4) is 0 Å². The highest BCUT2D eigenvalue weighted by molar-refractivity contribution is 6.05. The first-order valence-electron chi connectivity index (χ1n) is 10.3. The number of hydrogen-bond donors (Lipinski definition) is 0. The summed E-state index contributed by atoms with van der Waals surface area (Å²) in [4.78, 5) is 12.4. The van der Waals surface area contributed by atoms with Crippen LogP contribution in [0.1, 0.15) is 22.3 Å². The molecule has 0 fully saturated rings. The summed E-state index contributed by atoms with van der Waals surface area (Å²) in [6, 6.07) is 17.3. The van der Waals surface area contributed by atoms with Crippen molar-refractivity contribution >= 4 is 30.1 Å². The predicted molar refractivity (Wildman–Crippen MR) is 131 cm³/mol. The SMILES string of the molecule is COc1ccc(/C=C/c2cc(OC)cc(OC)c2/C=C/C(=O)/C=C/c2cccc(F)c2)cc1. The lowest BCUT2D eigenvalue weighted by Crippen LogP contribution is -1.94. The number of halogens is 1. The monoisotopic (exact) mass is 444 g/mol. The van der Waals surface area contributed by atoms with Gasteiger partial charge in [0.05, 0.1) is 21.3 Å². The van der Waals surface area contributed by atoms with Gasteiger partial charge in [-0.15, -0.1) is 0 Å². The van der Waals surface area contributed by atoms with Crippen molar-refractivity contribution in [2.45, 2.75) is 0 Å². The zero-order valence-electron chi connectivity index (χ0n) is 18.7. The smallest absolute Gasteiger partial charge is 0.178 e. The van der Waals surface area contributed by atoms with Gasteiger partial charge in [-0.1, -0.05) is 42.5 Å². The van der Waals surface area contributed by atoms with E-state index in [4.69, 9.17) is 14.2 Å². The number of carbonyl (C=O) groups is 1. The molecular formula is C28H25FO4. The molecule has 0 aliphatic carbocycles. The minimum atomic E-state index is -0.351. The van der Waals surface area contributed by atoms with E-state index in [1.807, 2.05) is 42.5 Å². The lowest BCUT2D eigenvalue weighted by molar-refractivity contribution is -0.110. The first kappa shape index (κ1) is 23.5. The van der Waals surface area contributed by atoms with Crippen LogP contribution in [0.25, 0.3) is 24.3 Å². The van der Waals surface area contributed by atoms with Gasteiger partial charge in [-0.05, 0) is 65.3 Å². The van der Waals surface area contributed by atoms with E-state index in [1.165, 1.54) is 24.3 Å². The van der Waals surface area contributed by atoms with Crippen LogP contribution < -0.4 is 14.2 Å². The van der Waals surface area contributed by atoms with Crippen LogP contribution in [0.15, 0.2) is 72.8 Å². The number of hydrogen-bond acceptors (Lipinski definition) is 4. The highest BCUT2D eigenvalue weighted by atomic mass is 19.1. The normalized spacial score (nSPS) is 11.4. The molecule has 0 saturated heterocycles. The fraction of sp³-hybridized carbons (Fsp3) is 0.107. The molecule has 33 heavy (non-hydrogen) atoms. The van der Waals surface area contributed by atoms with E-state index in [1.54, 1.807) is 51.7 Å². The molecule has 0 N–H and O–H groups in total. The highest BCUT2D eigenvalue weighted by Gasteiger charge is 2.09. The van der Waals surface area contributed by atoms with E-state index in [9.17, 15) is 9.18 Å². The van der Waals surface area contributed by atoms with Crippen LogP contribution in [0.2, 0.25) is 0 Å². The second kappa shape index (κ2) is 11.5. The molecule has 3 rings (SSSR count). The first-order valence-corrected chi connectivity index (χ1v) is 10.3. The lowest BCUT2D eigenvalue weighted by Gasteiger charge is -2.11. The number of benzene rings is 3. The maximum atomic E-state index is 13.3. The van der Waals surface area contributed by atoms with Gasteiger partial charge in [0.2, 0.25) is 0 Å². The third-order valence-corrected chi connectivity index (χ3v) is 4.88. The molecular weight excluding hydrogens is 419 g/mol. The molecule has 0 radical (unpaired) electrons. The predicted octanol–water partition coefficient (Wildman–Crippen LogP) is 6.32. The Morgan fingerprint density at radius 1 is 0.727 bits per heavy atom. The quantitative estimate of drug-likeness (QED) is 0.286. The third-order valence-electron chi connectivity index (χ3n) is 4.88. The first-order chi connectivity index (χ1) is 16.0. The number of rotatable bonds is 9. The van der Waals surface area contributed by atoms with E-state index < -0.39 is 0 Å². The summed E-state index contributed by atoms with van der Waals surface area (Å²) in [5.74, 6) is 1.40. The zero-order chi connectivity index (χ0) is 23.6. The van der Waals surface area contributed by atoms with Crippen molar-refractivity contribution in [1.29, 1.82) is 0 Å². The molecule has 0 atom stereocenters. The summed E-state index contributed by atoms with van der Waals surface area (Å²) in [6.45, 7) is 0. The van der Waals surface area contributed by atoms with Gasteiger partial charge in [0.15, 0.2) is 5.78 Å². The zero-order valence-corrected chi connectivity index (χ0v) is 18.7. The molecule has 0 spiro atoms. The summed E-state index contributed by atoms with van der Waals surface area (Å²) >= 11 is 0. The molecule has 0 saturated carbocycles. The van der Waals surface area contributed by atoms with Gasteiger partial charge in [0, 0.05) is 11.6 Å². The number of ether oxygens (including phenoxy) is 3. The second-order valence-electron chi connectivity index (χ2n) is 7.06. The molecule has 0 aliphatic heterocycles. The molecule has 3 aromatic carbocycles. The Bertz CT molecular complexity index is 1190. The van der Waals surface area contributed by atoms with Crippen LogP contribution in [-0.2, 0) is 4.79 Å². The number of carbonyl (C=O) groups excluding carboxylic acids is 1. The van der Waals surface area contributed by atoms with E-state index in [0.29, 0.717) is 17.1 Å². The molecule has 0 heterocycles. The van der Waals surface area contributed by atoms with Crippen molar-refractivity contribution in [2.75, 3.05) is 21.3 Å². The topological polar surface area (TPSA) is 44.8 Å². The molecule has 0 unspecified atom stereocenters. The van der Waals surface area contributed by atoms with Crippen molar-refractivity contribution in [3.05, 3.63) is 101 Å². The van der Waals surface area contributed by atoms with Crippen LogP contribution >= 0.6 is 0 Å². The van der Waals surface area contributed by atoms with Crippen LogP contribution in [0.4, 0.5) is 4.39 Å². The van der Waals surface area contributed by atoms with Crippen LogP contribution in [0.5, 0.6) is 17.2 Å². The molecule has 0 aliphatic rings. The molecule has 0 bridgehead atoms. The van der Waals surface area contributed by atoms with Crippen LogP contribution in [-0.4, -0.2) is 27.1 Å². The van der Waals surface area contributed by atoms with Crippen molar-refractivity contribution in [2.24, 2.45) is 0 Å². The van der Waals surface area contributed by atoms with E-state index in [2.05, 4.69) is 0 Å². The average Bonchev–Trinajstić information content (AvgIpc) is 2.85. The minimum Gasteiger partial charge on any atom is -0.497 e. The fourth-order valence-electron chi connectivity index (χ4n) is 3.14. The minimum absolute atomic E-state index is 0.234. The van der Waals surface area contributed by atoms with Gasteiger partial charge in [0.25, 0.3) is 0 Å². The van der Waals surface area contributed by atoms with Gasteiger partial charge >= 0.3 is 0 Å². The maximum Gasteiger partial charge on any atom is 0.178 e. The van der Waals surface area contributed by atoms with Crippen molar-refractivity contribution in [3.63, 3.8) is 0 Å². The van der Waals surface area contributed by atoms with Gasteiger partial charge in [-0.25, -0.2) is 4.39 Å². The van der Waals surface area contributed by atoms with E-state index >= 15 is 0 Å². The molecule has 4 nitrogen and oxygen atoms in total. The molecule has 168 valence electrons. The Balaban J connectivity index is 1.88. The highest BCUT2D eigenvalue weighted by Crippen LogP contribution is 2.31. The van der Waals surface area contributed by atoms with Crippen molar-refractivity contribution in [1.82, 2.24) is 0 Å². The van der Waals surface area contributed by atoms with Gasteiger partial charge in [-0.3, -0.25) is 4.79 Å². The van der Waals surface area contributed by atoms with Gasteiger partial charge in [0.1, 0.15) is 23.1 Å². The molecule has 0 aromatic heterocycles. The van der Waals surface area contributed by atoms with E-state index in [-0.39, 0.29) is 11.6 Å². The Kier molecular flexibility index (Phi) is 8.19. The van der Waals surface area contributed by atoms with Gasteiger partial charge < -0.3 is 14.2 Å². The summed E-state index contributed by atoms with van der Waals surface area (Å²) in [6.07, 6.45) is 10.0. The van der Waals surface area contributed by atoms with Crippen LogP contribution in [0, 0.1) is 5.82 Å². The average molecular weight is 445 g/mol. The molecule has 3 aromatic rings. The largest absolute Gasteiger partial charge is 0.497 e. The Labute approximate surface area is 193 Å². The standard InChI is InChI=1S/C28H25FO4/c1-31-25-14-9-20(10-15-25)7-11-22-18-26(32-2)19-28(33-3)27(22)16-13-24(30)12-8-21-5-4-6-23(29)17-21/h4-19H,1-3H3/b11-7+,12-8+,16-13+. The lowest BCUT2D eigenvalue weighted by atomic mass is 10.0.